The van der Waals surface area contributed by atoms with Crippen molar-refractivity contribution in [1.29, 1.82) is 0 Å². The maximum Gasteiger partial charge on any atom is 0.621 e. The zero-order valence-electron chi connectivity index (χ0n) is 10.5. The molecule has 0 fully saturated rings. The minimum absolute atomic E-state index is 0.869. The Morgan fingerprint density at radius 2 is 0.950 bits per heavy atom. The average Bonchev–Trinajstić information content (AvgIpc) is 2.40. The van der Waals surface area contributed by atoms with E-state index in [0.717, 1.165) is 11.5 Å². The van der Waals surface area contributed by atoms with E-state index >= 15 is 0 Å². The van der Waals surface area contributed by atoms with E-state index in [-0.39, 0.29) is 0 Å². The van der Waals surface area contributed by atoms with Crippen molar-refractivity contribution in [1.82, 2.24) is 0 Å². The number of ether oxygens (including phenoxy) is 1. The summed E-state index contributed by atoms with van der Waals surface area (Å²) in [5, 5.41) is 30.9. The smallest absolute Gasteiger partial charge is 0.457 e. The summed E-state index contributed by atoms with van der Waals surface area (Å²) in [6, 6.07) is 19.5. The van der Waals surface area contributed by atoms with E-state index in [1.54, 1.807) is 0 Å². The molecule has 0 spiro atoms. The van der Waals surface area contributed by atoms with Crippen molar-refractivity contribution in [2.75, 3.05) is 0 Å². The van der Waals surface area contributed by atoms with E-state index in [1.165, 1.54) is 0 Å². The molecule has 0 aliphatic carbocycles. The van der Waals surface area contributed by atoms with Crippen molar-refractivity contribution in [2.24, 2.45) is 0 Å². The predicted octanol–water partition coefficient (Wildman–Crippen LogP) is 0.421. The Balaban J connectivity index is 0.000000246. The number of hydrogen-bond acceptors (Lipinski definition) is 6. The van der Waals surface area contributed by atoms with Crippen LogP contribution >= 0.6 is 0 Å². The second-order valence-corrected chi connectivity index (χ2v) is 3.52. The molecule has 20 heavy (non-hydrogen) atoms. The van der Waals surface area contributed by atoms with Gasteiger partial charge < -0.3 is 29.4 Å². The summed E-state index contributed by atoms with van der Waals surface area (Å²) in [4.78, 5) is 0. The third-order valence-electron chi connectivity index (χ3n) is 1.97. The molecule has 0 atom stereocenters. The first-order valence-electron chi connectivity index (χ1n) is 5.73. The third-order valence-corrected chi connectivity index (χ3v) is 1.97. The fraction of sp³-hybridized carbons (Fsp3) is 0. The zero-order valence-corrected chi connectivity index (χ0v) is 10.5. The van der Waals surface area contributed by atoms with E-state index in [0.29, 0.717) is 0 Å². The summed E-state index contributed by atoms with van der Waals surface area (Å²) in [5.74, 6) is 1.74. The van der Waals surface area contributed by atoms with Crippen molar-refractivity contribution >= 4 is 14.6 Å². The third kappa shape index (κ3) is 7.57. The van der Waals surface area contributed by atoms with Crippen molar-refractivity contribution in [3.63, 3.8) is 0 Å². The Bertz CT molecular complexity index is 422. The highest BCUT2D eigenvalue weighted by Crippen LogP contribution is 2.19. The molecule has 0 aliphatic heterocycles. The minimum atomic E-state index is -2.13. The molecule has 4 N–H and O–H groups in total. The molecule has 2 rings (SSSR count). The van der Waals surface area contributed by atoms with Gasteiger partial charge in [0, 0.05) is 0 Å². The largest absolute Gasteiger partial charge is 0.621 e. The molecule has 0 saturated carbocycles. The molecule has 0 radical (unpaired) electrons. The van der Waals surface area contributed by atoms with Crippen LogP contribution in [0.3, 0.4) is 0 Å². The quantitative estimate of drug-likeness (QED) is 0.604. The number of hydrogen-bond donors (Lipinski definition) is 4. The highest BCUT2D eigenvalue weighted by molar-refractivity contribution is 6.48. The lowest BCUT2D eigenvalue weighted by Crippen LogP contribution is -2.28. The molecular weight excluding hydrogens is 262 g/mol. The summed E-state index contributed by atoms with van der Waals surface area (Å²) >= 11 is 0. The van der Waals surface area contributed by atoms with Crippen molar-refractivity contribution in [3.05, 3.63) is 60.7 Å². The molecule has 0 aromatic heterocycles. The van der Waals surface area contributed by atoms with Crippen molar-refractivity contribution < 1.29 is 29.4 Å². The first-order chi connectivity index (χ1) is 9.58. The monoisotopic (exact) mass is 276 g/mol. The van der Waals surface area contributed by atoms with Crippen LogP contribution in [0.15, 0.2) is 60.7 Å². The Kier molecular flexibility index (Phi) is 7.41. The van der Waals surface area contributed by atoms with Crippen LogP contribution in [-0.2, 0) is 4.57 Å². The van der Waals surface area contributed by atoms with Gasteiger partial charge in [0.2, 0.25) is 0 Å². The number of rotatable bonds is 4. The SMILES string of the molecule is OB(O)OB(O)O.c1ccc(Oc2ccccc2)cc1. The van der Waals surface area contributed by atoms with Crippen LogP contribution in [0.5, 0.6) is 11.5 Å². The molecule has 0 heterocycles. The van der Waals surface area contributed by atoms with Gasteiger partial charge >= 0.3 is 14.6 Å². The van der Waals surface area contributed by atoms with Crippen LogP contribution < -0.4 is 4.74 Å². The normalized spacial score (nSPS) is 9.20. The minimum Gasteiger partial charge on any atom is -0.457 e. The summed E-state index contributed by atoms with van der Waals surface area (Å²) in [6.07, 6.45) is 0. The molecule has 6 nitrogen and oxygen atoms in total. The Morgan fingerprint density at radius 1 is 0.600 bits per heavy atom. The molecule has 0 bridgehead atoms. The Hall–Kier alpha value is -1.83. The van der Waals surface area contributed by atoms with Crippen molar-refractivity contribution in [3.8, 4) is 11.5 Å². The highest BCUT2D eigenvalue weighted by Gasteiger charge is 2.18. The van der Waals surface area contributed by atoms with Gasteiger partial charge in [0.05, 0.1) is 0 Å². The molecule has 0 aliphatic rings. The van der Waals surface area contributed by atoms with E-state index in [9.17, 15) is 0 Å². The number of benzene rings is 2. The topological polar surface area (TPSA) is 99.4 Å². The van der Waals surface area contributed by atoms with Crippen molar-refractivity contribution in [2.45, 2.75) is 0 Å². The van der Waals surface area contributed by atoms with E-state index in [2.05, 4.69) is 4.57 Å². The standard InChI is InChI=1S/C12H10O.B2H4O5/c1-3-7-11(8-4-1)13-12-9-5-2-6-10-12;3-1(4)7-2(5)6/h1-10H;3-6H. The molecule has 0 unspecified atom stereocenters. The first kappa shape index (κ1) is 16.2. The fourth-order valence-corrected chi connectivity index (χ4v) is 1.22. The lowest BCUT2D eigenvalue weighted by atomic mass is 10.1. The van der Waals surface area contributed by atoms with Crippen LogP contribution in [0.25, 0.3) is 0 Å². The molecule has 0 saturated heterocycles. The van der Waals surface area contributed by atoms with Crippen LogP contribution in [0, 0.1) is 0 Å². The Labute approximate surface area is 117 Å². The summed E-state index contributed by atoms with van der Waals surface area (Å²) in [6.45, 7) is 0. The van der Waals surface area contributed by atoms with Crippen LogP contribution in [0.4, 0.5) is 0 Å². The van der Waals surface area contributed by atoms with Gasteiger partial charge in [0.25, 0.3) is 0 Å². The van der Waals surface area contributed by atoms with Gasteiger partial charge in [-0.3, -0.25) is 0 Å². The van der Waals surface area contributed by atoms with E-state index in [1.807, 2.05) is 60.7 Å². The highest BCUT2D eigenvalue weighted by atomic mass is 16.7. The predicted molar refractivity (Wildman–Crippen MR) is 74.4 cm³/mol. The van der Waals surface area contributed by atoms with E-state index < -0.39 is 14.6 Å². The fourth-order valence-electron chi connectivity index (χ4n) is 1.22. The Morgan fingerprint density at radius 3 is 1.20 bits per heavy atom. The maximum atomic E-state index is 7.74. The summed E-state index contributed by atoms with van der Waals surface area (Å²) in [7, 11) is -4.25. The lowest BCUT2D eigenvalue weighted by Gasteiger charge is -2.03. The van der Waals surface area contributed by atoms with Crippen LogP contribution in [0.2, 0.25) is 0 Å². The van der Waals surface area contributed by atoms with Gasteiger partial charge in [-0.05, 0) is 24.3 Å². The zero-order chi connectivity index (χ0) is 14.8. The first-order valence-corrected chi connectivity index (χ1v) is 5.73. The van der Waals surface area contributed by atoms with E-state index in [4.69, 9.17) is 24.8 Å². The van der Waals surface area contributed by atoms with Gasteiger partial charge in [0.1, 0.15) is 11.5 Å². The second kappa shape index (κ2) is 9.13. The van der Waals surface area contributed by atoms with Crippen LogP contribution in [0.1, 0.15) is 0 Å². The summed E-state index contributed by atoms with van der Waals surface area (Å²) < 4.78 is 9.05. The van der Waals surface area contributed by atoms with Gasteiger partial charge in [-0.15, -0.1) is 0 Å². The molecule has 2 aromatic rings. The lowest BCUT2D eigenvalue weighted by molar-refractivity contribution is 0.213. The molecule has 104 valence electrons. The maximum absolute atomic E-state index is 7.74. The molecular formula is C12H14B2O6. The molecule has 8 heteroatoms. The van der Waals surface area contributed by atoms with Gasteiger partial charge in [0.15, 0.2) is 0 Å². The number of para-hydroxylation sites is 2. The van der Waals surface area contributed by atoms with Gasteiger partial charge in [-0.2, -0.15) is 0 Å². The molecule has 2 aromatic carbocycles. The molecule has 0 amide bonds. The van der Waals surface area contributed by atoms with Gasteiger partial charge in [-0.1, -0.05) is 36.4 Å². The second-order valence-electron chi connectivity index (χ2n) is 3.52. The average molecular weight is 276 g/mol. The van der Waals surface area contributed by atoms with Gasteiger partial charge in [-0.25, -0.2) is 0 Å². The summed E-state index contributed by atoms with van der Waals surface area (Å²) in [5.41, 5.74) is 0. The van der Waals surface area contributed by atoms with Crippen LogP contribution in [-0.4, -0.2) is 34.7 Å².